The molecule has 2 rings (SSSR count). The summed E-state index contributed by atoms with van der Waals surface area (Å²) in [6.45, 7) is 1.54. The van der Waals surface area contributed by atoms with Crippen LogP contribution in [0.5, 0.6) is 0 Å². The summed E-state index contributed by atoms with van der Waals surface area (Å²) in [5.74, 6) is -0.418. The molecule has 0 spiro atoms. The van der Waals surface area contributed by atoms with Gasteiger partial charge in [-0.25, -0.2) is 4.79 Å². The summed E-state index contributed by atoms with van der Waals surface area (Å²) >= 11 is 0. The number of nitrogens with zero attached hydrogens (tertiary/aromatic N) is 1. The van der Waals surface area contributed by atoms with E-state index in [4.69, 9.17) is 4.74 Å². The van der Waals surface area contributed by atoms with Crippen molar-refractivity contribution >= 4 is 12.1 Å². The molecular formula is C11H11NO4. The van der Waals surface area contributed by atoms with E-state index in [-0.39, 0.29) is 0 Å². The Labute approximate surface area is 92.5 Å². The second-order valence-corrected chi connectivity index (χ2v) is 3.65. The Morgan fingerprint density at radius 1 is 1.19 bits per heavy atom. The summed E-state index contributed by atoms with van der Waals surface area (Å²) in [6, 6.07) is 8.82. The van der Waals surface area contributed by atoms with Crippen LogP contribution in [0.4, 0.5) is 4.79 Å². The Kier molecular flexibility index (Phi) is 2.30. The van der Waals surface area contributed by atoms with Gasteiger partial charge in [-0.2, -0.15) is 5.06 Å². The van der Waals surface area contributed by atoms with Gasteiger partial charge in [0.1, 0.15) is 0 Å². The molecule has 1 heterocycles. The van der Waals surface area contributed by atoms with Crippen LogP contribution < -0.4 is 0 Å². The molecule has 0 radical (unpaired) electrons. The highest BCUT2D eigenvalue weighted by atomic mass is 16.8. The predicted octanol–water partition coefficient (Wildman–Crippen LogP) is 1.44. The Hall–Kier alpha value is -2.04. The van der Waals surface area contributed by atoms with E-state index in [1.807, 2.05) is 6.07 Å². The molecule has 1 aliphatic heterocycles. The third-order valence-electron chi connectivity index (χ3n) is 2.52. The molecule has 1 aromatic carbocycles. The molecule has 84 valence electrons. The van der Waals surface area contributed by atoms with Gasteiger partial charge in [-0.3, -0.25) is 4.79 Å². The van der Waals surface area contributed by atoms with Crippen molar-refractivity contribution in [1.29, 1.82) is 0 Å². The SMILES string of the molecule is CN1OC(=O)O[C@@](C)(c2ccccc2)C1=O. The number of hydrogen-bond donors (Lipinski definition) is 0. The third kappa shape index (κ3) is 1.50. The van der Waals surface area contributed by atoms with Gasteiger partial charge in [0.05, 0.1) is 0 Å². The average molecular weight is 221 g/mol. The lowest BCUT2D eigenvalue weighted by atomic mass is 9.94. The van der Waals surface area contributed by atoms with E-state index in [9.17, 15) is 9.59 Å². The fourth-order valence-electron chi connectivity index (χ4n) is 1.62. The first-order valence-corrected chi connectivity index (χ1v) is 4.78. The lowest BCUT2D eigenvalue weighted by Gasteiger charge is -2.35. The Morgan fingerprint density at radius 3 is 2.44 bits per heavy atom. The number of likely N-dealkylation sites (N-methyl/N-ethyl adjacent to an activating group) is 1. The summed E-state index contributed by atoms with van der Waals surface area (Å²) < 4.78 is 4.99. The maximum absolute atomic E-state index is 11.9. The van der Waals surface area contributed by atoms with Gasteiger partial charge in [0.15, 0.2) is 0 Å². The largest absolute Gasteiger partial charge is 0.534 e. The number of ether oxygens (including phenoxy) is 1. The molecule has 0 aromatic heterocycles. The average Bonchev–Trinajstić information content (AvgIpc) is 2.27. The zero-order valence-corrected chi connectivity index (χ0v) is 8.97. The number of benzene rings is 1. The molecule has 1 aromatic rings. The quantitative estimate of drug-likeness (QED) is 0.673. The number of amides is 1. The highest BCUT2D eigenvalue weighted by Gasteiger charge is 2.47. The Bertz CT molecular complexity index is 431. The maximum Gasteiger partial charge on any atom is 0.534 e. The first kappa shape index (κ1) is 10.5. The van der Waals surface area contributed by atoms with Gasteiger partial charge in [0.2, 0.25) is 5.60 Å². The van der Waals surface area contributed by atoms with E-state index >= 15 is 0 Å². The van der Waals surface area contributed by atoms with Crippen molar-refractivity contribution < 1.29 is 19.2 Å². The van der Waals surface area contributed by atoms with Crippen LogP contribution in [0.25, 0.3) is 0 Å². The first-order chi connectivity index (χ1) is 7.54. The summed E-state index contributed by atoms with van der Waals surface area (Å²) in [5.41, 5.74) is -0.700. The second-order valence-electron chi connectivity index (χ2n) is 3.65. The first-order valence-electron chi connectivity index (χ1n) is 4.78. The zero-order chi connectivity index (χ0) is 11.8. The van der Waals surface area contributed by atoms with Crippen LogP contribution in [-0.4, -0.2) is 24.2 Å². The minimum Gasteiger partial charge on any atom is -0.411 e. The molecule has 0 bridgehead atoms. The van der Waals surface area contributed by atoms with Gasteiger partial charge in [-0.05, 0) is 6.92 Å². The van der Waals surface area contributed by atoms with Gasteiger partial charge in [0.25, 0.3) is 0 Å². The molecule has 0 saturated carbocycles. The van der Waals surface area contributed by atoms with Crippen molar-refractivity contribution in [3.05, 3.63) is 35.9 Å². The Balaban J connectivity index is 2.43. The summed E-state index contributed by atoms with van der Waals surface area (Å²) in [5, 5.41) is 0.888. The number of hydrogen-bond acceptors (Lipinski definition) is 4. The number of cyclic esters (lactones) is 1. The zero-order valence-electron chi connectivity index (χ0n) is 8.97. The van der Waals surface area contributed by atoms with Crippen molar-refractivity contribution in [2.75, 3.05) is 7.05 Å². The highest BCUT2D eigenvalue weighted by Crippen LogP contribution is 2.31. The van der Waals surface area contributed by atoms with Gasteiger partial charge < -0.3 is 9.57 Å². The van der Waals surface area contributed by atoms with E-state index in [2.05, 4.69) is 4.84 Å². The van der Waals surface area contributed by atoms with Crippen molar-refractivity contribution in [1.82, 2.24) is 5.06 Å². The highest BCUT2D eigenvalue weighted by molar-refractivity contribution is 5.89. The van der Waals surface area contributed by atoms with Crippen LogP contribution in [0.1, 0.15) is 12.5 Å². The molecule has 0 N–H and O–H groups in total. The standard InChI is InChI=1S/C11H11NO4/c1-11(8-6-4-3-5-7-8)9(13)12(2)16-10(14)15-11/h3-7H,1-2H3/t11-/m0/s1. The molecule has 1 amide bonds. The van der Waals surface area contributed by atoms with Crippen LogP contribution >= 0.6 is 0 Å². The molecule has 1 saturated heterocycles. The molecule has 1 atom stereocenters. The monoisotopic (exact) mass is 221 g/mol. The molecule has 0 unspecified atom stereocenters. The summed E-state index contributed by atoms with van der Waals surface area (Å²) in [4.78, 5) is 27.6. The molecule has 5 heteroatoms. The van der Waals surface area contributed by atoms with Crippen LogP contribution in [0.2, 0.25) is 0 Å². The number of rotatable bonds is 1. The third-order valence-corrected chi connectivity index (χ3v) is 2.52. The van der Waals surface area contributed by atoms with Crippen molar-refractivity contribution in [2.45, 2.75) is 12.5 Å². The second kappa shape index (κ2) is 3.52. The lowest BCUT2D eigenvalue weighted by Crippen LogP contribution is -2.52. The summed E-state index contributed by atoms with van der Waals surface area (Å²) in [6.07, 6.45) is -0.881. The molecule has 5 nitrogen and oxygen atoms in total. The fourth-order valence-corrected chi connectivity index (χ4v) is 1.62. The van der Waals surface area contributed by atoms with Crippen LogP contribution in [0, 0.1) is 0 Å². The maximum atomic E-state index is 11.9. The van der Waals surface area contributed by atoms with Crippen molar-refractivity contribution in [2.24, 2.45) is 0 Å². The normalized spacial score (nSPS) is 25.0. The molecule has 1 fully saturated rings. The molecule has 0 aliphatic carbocycles. The summed E-state index contributed by atoms with van der Waals surface area (Å²) in [7, 11) is 1.38. The van der Waals surface area contributed by atoms with Gasteiger partial charge in [0, 0.05) is 12.6 Å². The van der Waals surface area contributed by atoms with Crippen LogP contribution in [0.3, 0.4) is 0 Å². The molecule has 1 aliphatic rings. The van der Waals surface area contributed by atoms with E-state index in [1.165, 1.54) is 7.05 Å². The smallest absolute Gasteiger partial charge is 0.411 e. The van der Waals surface area contributed by atoms with Gasteiger partial charge >= 0.3 is 12.1 Å². The van der Waals surface area contributed by atoms with Gasteiger partial charge in [-0.15, -0.1) is 0 Å². The number of carbonyl (C=O) groups excluding carboxylic acids is 2. The molecule has 16 heavy (non-hydrogen) atoms. The van der Waals surface area contributed by atoms with Crippen molar-refractivity contribution in [3.8, 4) is 0 Å². The minimum absolute atomic E-state index is 0.418. The van der Waals surface area contributed by atoms with Crippen LogP contribution in [-0.2, 0) is 20.0 Å². The minimum atomic E-state index is -1.31. The predicted molar refractivity (Wildman–Crippen MR) is 54.1 cm³/mol. The van der Waals surface area contributed by atoms with Crippen LogP contribution in [0.15, 0.2) is 30.3 Å². The molecular weight excluding hydrogens is 210 g/mol. The van der Waals surface area contributed by atoms with Crippen molar-refractivity contribution in [3.63, 3.8) is 0 Å². The number of hydroxylamine groups is 2. The van der Waals surface area contributed by atoms with Gasteiger partial charge in [-0.1, -0.05) is 30.3 Å². The number of carbonyl (C=O) groups is 2. The van der Waals surface area contributed by atoms with E-state index in [1.54, 1.807) is 31.2 Å². The van der Waals surface area contributed by atoms with E-state index in [0.717, 1.165) is 5.06 Å². The van der Waals surface area contributed by atoms with E-state index < -0.39 is 17.7 Å². The topological polar surface area (TPSA) is 55.8 Å². The Morgan fingerprint density at radius 2 is 1.81 bits per heavy atom. The lowest BCUT2D eigenvalue weighted by molar-refractivity contribution is -0.213. The van der Waals surface area contributed by atoms with E-state index in [0.29, 0.717) is 5.56 Å². The fraction of sp³-hybridized carbons (Fsp3) is 0.273.